The second kappa shape index (κ2) is 6.71. The van der Waals surface area contributed by atoms with Gasteiger partial charge >= 0.3 is 0 Å². The second-order valence-electron chi connectivity index (χ2n) is 4.00. The highest BCUT2D eigenvalue weighted by Gasteiger charge is 2.13. The van der Waals surface area contributed by atoms with Gasteiger partial charge in [-0.15, -0.1) is 10.2 Å². The summed E-state index contributed by atoms with van der Waals surface area (Å²) < 4.78 is 17.1. The van der Waals surface area contributed by atoms with Crippen LogP contribution < -0.4 is 9.47 Å². The highest BCUT2D eigenvalue weighted by Crippen LogP contribution is 2.37. The van der Waals surface area contributed by atoms with Gasteiger partial charge in [0.1, 0.15) is 0 Å². The van der Waals surface area contributed by atoms with E-state index in [1.165, 1.54) is 0 Å². The van der Waals surface area contributed by atoms with E-state index in [9.17, 15) is 5.11 Å². The fraction of sp³-hybridized carbons (Fsp3) is 0.385. The molecule has 7 heteroatoms. The lowest BCUT2D eigenvalue weighted by Gasteiger charge is -2.14. The van der Waals surface area contributed by atoms with Gasteiger partial charge in [0.15, 0.2) is 18.1 Å². The first-order valence-corrected chi connectivity index (χ1v) is 6.91. The summed E-state index contributed by atoms with van der Waals surface area (Å²) in [5.41, 5.74) is 0.737. The number of benzene rings is 1. The summed E-state index contributed by atoms with van der Waals surface area (Å²) in [6.07, 6.45) is 0. The van der Waals surface area contributed by atoms with Gasteiger partial charge in [-0.1, -0.05) is 0 Å². The Hall–Kier alpha value is -1.60. The molecule has 1 heterocycles. The van der Waals surface area contributed by atoms with Crippen LogP contribution >= 0.6 is 15.9 Å². The van der Waals surface area contributed by atoms with E-state index in [1.807, 2.05) is 6.92 Å². The van der Waals surface area contributed by atoms with Crippen LogP contribution in [0.1, 0.15) is 24.3 Å². The van der Waals surface area contributed by atoms with Crippen LogP contribution in [0.15, 0.2) is 21.0 Å². The number of aliphatic hydroxyl groups excluding tert-OH is 1. The SMILES string of the molecule is CCOc1cc(CO)cc(Br)c1OCc1nnc(C)o1. The van der Waals surface area contributed by atoms with Gasteiger partial charge in [-0.25, -0.2) is 0 Å². The van der Waals surface area contributed by atoms with Crippen molar-refractivity contribution in [1.82, 2.24) is 10.2 Å². The number of hydrogen-bond acceptors (Lipinski definition) is 6. The minimum Gasteiger partial charge on any atom is -0.490 e. The molecule has 20 heavy (non-hydrogen) atoms. The molecule has 0 unspecified atom stereocenters. The lowest BCUT2D eigenvalue weighted by atomic mass is 10.2. The third-order valence-corrected chi connectivity index (χ3v) is 3.05. The van der Waals surface area contributed by atoms with Crippen LogP contribution in [0.3, 0.4) is 0 Å². The number of halogens is 1. The van der Waals surface area contributed by atoms with E-state index in [2.05, 4.69) is 26.1 Å². The molecular weight excluding hydrogens is 328 g/mol. The molecule has 6 nitrogen and oxygen atoms in total. The number of aryl methyl sites for hydroxylation is 1. The summed E-state index contributed by atoms with van der Waals surface area (Å²) in [6.45, 7) is 4.18. The predicted octanol–water partition coefficient (Wildman–Crippen LogP) is 2.61. The van der Waals surface area contributed by atoms with Crippen molar-refractivity contribution in [2.45, 2.75) is 27.1 Å². The molecule has 0 amide bonds. The number of aliphatic hydroxyl groups is 1. The fourth-order valence-electron chi connectivity index (χ4n) is 1.65. The first kappa shape index (κ1) is 14.8. The maximum absolute atomic E-state index is 9.21. The van der Waals surface area contributed by atoms with Gasteiger partial charge in [0.05, 0.1) is 17.7 Å². The van der Waals surface area contributed by atoms with Crippen LogP contribution in [0.4, 0.5) is 0 Å². The standard InChI is InChI=1S/C13H15BrN2O4/c1-3-18-11-5-9(6-17)4-10(14)13(11)19-7-12-16-15-8(2)20-12/h4-5,17H,3,6-7H2,1-2H3. The zero-order valence-corrected chi connectivity index (χ0v) is 12.8. The van der Waals surface area contributed by atoms with Gasteiger partial charge in [-0.3, -0.25) is 0 Å². The van der Waals surface area contributed by atoms with Crippen molar-refractivity contribution in [3.05, 3.63) is 34.0 Å². The molecule has 2 rings (SSSR count). The van der Waals surface area contributed by atoms with Gasteiger partial charge in [-0.05, 0) is 40.5 Å². The van der Waals surface area contributed by atoms with Gasteiger partial charge in [0, 0.05) is 6.92 Å². The van der Waals surface area contributed by atoms with Crippen molar-refractivity contribution < 1.29 is 19.0 Å². The molecular formula is C13H15BrN2O4. The molecule has 0 saturated heterocycles. The van der Waals surface area contributed by atoms with Gasteiger partial charge in [-0.2, -0.15) is 0 Å². The third kappa shape index (κ3) is 3.49. The topological polar surface area (TPSA) is 77.6 Å². The van der Waals surface area contributed by atoms with Gasteiger partial charge < -0.3 is 19.0 Å². The predicted molar refractivity (Wildman–Crippen MR) is 74.6 cm³/mol. The van der Waals surface area contributed by atoms with Crippen molar-refractivity contribution in [2.24, 2.45) is 0 Å². The average Bonchev–Trinajstić information content (AvgIpc) is 2.83. The Kier molecular flexibility index (Phi) is 4.97. The summed E-state index contributed by atoms with van der Waals surface area (Å²) >= 11 is 3.40. The van der Waals surface area contributed by atoms with E-state index in [-0.39, 0.29) is 13.2 Å². The van der Waals surface area contributed by atoms with Crippen molar-refractivity contribution >= 4 is 15.9 Å². The molecule has 0 aliphatic carbocycles. The molecule has 0 fully saturated rings. The van der Waals surface area contributed by atoms with Crippen LogP contribution in [0.25, 0.3) is 0 Å². The minimum atomic E-state index is -0.0677. The summed E-state index contributed by atoms with van der Waals surface area (Å²) in [5.74, 6) is 1.98. The molecule has 0 aliphatic rings. The highest BCUT2D eigenvalue weighted by molar-refractivity contribution is 9.10. The fourth-order valence-corrected chi connectivity index (χ4v) is 2.25. The molecule has 2 aromatic rings. The second-order valence-corrected chi connectivity index (χ2v) is 4.85. The van der Waals surface area contributed by atoms with E-state index in [4.69, 9.17) is 13.9 Å². The van der Waals surface area contributed by atoms with E-state index < -0.39 is 0 Å². The average molecular weight is 343 g/mol. The Balaban J connectivity index is 2.20. The molecule has 108 valence electrons. The number of ether oxygens (including phenoxy) is 2. The molecule has 1 N–H and O–H groups in total. The van der Waals surface area contributed by atoms with Crippen LogP contribution in [0, 0.1) is 6.92 Å². The molecule has 0 saturated carbocycles. The van der Waals surface area contributed by atoms with Crippen molar-refractivity contribution in [3.63, 3.8) is 0 Å². The Bertz CT molecular complexity index is 586. The maximum Gasteiger partial charge on any atom is 0.253 e. The zero-order chi connectivity index (χ0) is 14.5. The summed E-state index contributed by atoms with van der Waals surface area (Å²) in [5, 5.41) is 16.8. The Morgan fingerprint density at radius 2 is 2.10 bits per heavy atom. The highest BCUT2D eigenvalue weighted by atomic mass is 79.9. The van der Waals surface area contributed by atoms with Crippen LogP contribution in [-0.2, 0) is 13.2 Å². The van der Waals surface area contributed by atoms with E-state index >= 15 is 0 Å². The first-order valence-electron chi connectivity index (χ1n) is 6.12. The Labute approximate surface area is 124 Å². The monoisotopic (exact) mass is 342 g/mol. The molecule has 0 aliphatic heterocycles. The number of hydrogen-bond donors (Lipinski definition) is 1. The number of nitrogens with zero attached hydrogens (tertiary/aromatic N) is 2. The van der Waals surface area contributed by atoms with Crippen LogP contribution in [-0.4, -0.2) is 21.9 Å². The molecule has 0 radical (unpaired) electrons. The third-order valence-electron chi connectivity index (χ3n) is 2.46. The van der Waals surface area contributed by atoms with Crippen LogP contribution in [0.2, 0.25) is 0 Å². The summed E-state index contributed by atoms with van der Waals surface area (Å²) in [4.78, 5) is 0. The summed E-state index contributed by atoms with van der Waals surface area (Å²) in [7, 11) is 0. The first-order chi connectivity index (χ1) is 9.63. The quantitative estimate of drug-likeness (QED) is 0.869. The molecule has 0 atom stereocenters. The number of aromatic nitrogens is 2. The number of rotatable bonds is 6. The van der Waals surface area contributed by atoms with Crippen molar-refractivity contribution in [3.8, 4) is 11.5 Å². The van der Waals surface area contributed by atoms with Gasteiger partial charge in [0.2, 0.25) is 5.89 Å². The van der Waals surface area contributed by atoms with E-state index in [0.717, 1.165) is 5.56 Å². The van der Waals surface area contributed by atoms with E-state index in [1.54, 1.807) is 19.1 Å². The maximum atomic E-state index is 9.21. The lowest BCUT2D eigenvalue weighted by molar-refractivity contribution is 0.237. The molecule has 0 spiro atoms. The molecule has 1 aromatic heterocycles. The molecule has 1 aromatic carbocycles. The van der Waals surface area contributed by atoms with E-state index in [0.29, 0.717) is 34.4 Å². The Morgan fingerprint density at radius 3 is 2.70 bits per heavy atom. The van der Waals surface area contributed by atoms with Gasteiger partial charge in [0.25, 0.3) is 5.89 Å². The lowest BCUT2D eigenvalue weighted by Crippen LogP contribution is -2.02. The zero-order valence-electron chi connectivity index (χ0n) is 11.2. The Morgan fingerprint density at radius 1 is 1.30 bits per heavy atom. The largest absolute Gasteiger partial charge is 0.490 e. The summed E-state index contributed by atoms with van der Waals surface area (Å²) in [6, 6.07) is 3.51. The van der Waals surface area contributed by atoms with Crippen molar-refractivity contribution in [1.29, 1.82) is 0 Å². The minimum absolute atomic E-state index is 0.0677. The normalized spacial score (nSPS) is 10.6. The van der Waals surface area contributed by atoms with Crippen LogP contribution in [0.5, 0.6) is 11.5 Å². The van der Waals surface area contributed by atoms with Crippen molar-refractivity contribution in [2.75, 3.05) is 6.61 Å². The molecule has 0 bridgehead atoms. The smallest absolute Gasteiger partial charge is 0.253 e.